The average molecular weight is 1720 g/mol. The van der Waals surface area contributed by atoms with Gasteiger partial charge in [-0.3, -0.25) is 23.7 Å². The van der Waals surface area contributed by atoms with Crippen LogP contribution in [0.1, 0.15) is 303 Å². The van der Waals surface area contributed by atoms with E-state index in [9.17, 15) is 47.9 Å². The Balaban J connectivity index is -0.000000365. The van der Waals surface area contributed by atoms with Crippen molar-refractivity contribution in [3.8, 4) is 0 Å². The summed E-state index contributed by atoms with van der Waals surface area (Å²) in [4.78, 5) is 192. The fourth-order valence-corrected chi connectivity index (χ4v) is 9.72. The molecule has 6 atom stereocenters. The first-order valence-corrected chi connectivity index (χ1v) is 40.1. The standard InChI is InChI=1S/C31H51N3O7.C23H45N3O5.C16H27N3O3.C12H25NO2.4CO2/c1-29(2,3)24(18-19-25(35)40-30(4,5)6)34-27(37)33-23(26(36)41-31(7,8)9)17-13-14-20-32-28(38)39-21-22-15-11-10-12-16-22;1-21(2,3)17(13-14-18(27)30-22(4,5)6)26-20(29)25-16(12-10-11-15-24)19(28)31-23(7,8)9;1-15(2,3)12(7-8-13(20)22-16(4,5)6)18-14(21)19-10-9-17-11-19;1-11(2,3)9(13)7-8-10(14)15-12(4,5)6;4*2-1-3/h10-12,15-16,23-24H,13-14,17-21H2,1-9H3,(H,32,38)(H2,33,34,37);16-17H,10-15,24H2,1-9H3,(H2,25,26,29);9-12H,7-8H2,1-6H3,(H,18,21);9H,7-8,13H2,1-6H3;;;;. The SMILES string of the molecule is CC(C)(C)OC(=O)CCC(N)C(C)(C)C.CC(C)(C)OC(=O)CCC(NC(=O)NC(CCCCN)C(=O)OC(C)(C)C)C(C)(C)C.CC(C)(C)OC(=O)CCC(NC(=O)NC(CCCCNC(=O)OCc1ccccc1)C(=O)OC(C)(C)C)C(C)(C)C.CC(C)(C)OC(=O)CCC(NC(=O)n1ccnc1)C(C)(C)C.O=C=O.O=C=O.O=C=O.O=C=O. The number of amides is 6. The number of nitrogens with two attached hydrogens (primary N) is 2. The first-order chi connectivity index (χ1) is 55.0. The van der Waals surface area contributed by atoms with Gasteiger partial charge in [0.2, 0.25) is 0 Å². The lowest BCUT2D eigenvalue weighted by Gasteiger charge is -2.32. The molecule has 0 bridgehead atoms. The van der Waals surface area contributed by atoms with Gasteiger partial charge in [0.15, 0.2) is 0 Å². The summed E-state index contributed by atoms with van der Waals surface area (Å²) >= 11 is 0. The molecule has 2 rings (SSSR count). The van der Waals surface area contributed by atoms with Crippen LogP contribution in [-0.4, -0.2) is 177 Å². The summed E-state index contributed by atoms with van der Waals surface area (Å²) in [5.74, 6) is -2.07. The molecule has 1 heterocycles. The van der Waals surface area contributed by atoms with Crippen molar-refractivity contribution in [1.82, 2.24) is 41.5 Å². The highest BCUT2D eigenvalue weighted by atomic mass is 16.6. The van der Waals surface area contributed by atoms with Crippen molar-refractivity contribution in [3.05, 3.63) is 54.6 Å². The molecule has 1 aromatic heterocycles. The predicted molar refractivity (Wildman–Crippen MR) is 448 cm³/mol. The van der Waals surface area contributed by atoms with E-state index >= 15 is 0 Å². The molecule has 0 spiro atoms. The van der Waals surface area contributed by atoms with Gasteiger partial charge < -0.3 is 76.5 Å². The van der Waals surface area contributed by atoms with Crippen LogP contribution in [0.25, 0.3) is 0 Å². The van der Waals surface area contributed by atoms with Crippen molar-refractivity contribution in [2.75, 3.05) is 13.1 Å². The van der Waals surface area contributed by atoms with Gasteiger partial charge in [-0.25, -0.2) is 33.8 Å². The van der Waals surface area contributed by atoms with Gasteiger partial charge in [-0.05, 0) is 223 Å². The van der Waals surface area contributed by atoms with Crippen LogP contribution in [0.2, 0.25) is 0 Å². The zero-order chi connectivity index (χ0) is 95.8. The van der Waals surface area contributed by atoms with E-state index in [2.05, 4.69) is 57.7 Å². The zero-order valence-electron chi connectivity index (χ0n) is 77.9. The van der Waals surface area contributed by atoms with E-state index in [-0.39, 0.29) is 126 Å². The molecule has 1 aromatic carbocycles. The number of esters is 6. The Morgan fingerprint density at radius 1 is 0.397 bits per heavy atom. The minimum Gasteiger partial charge on any atom is -0.460 e. The molecule has 0 saturated heterocycles. The third kappa shape index (κ3) is 77.1. The maximum Gasteiger partial charge on any atom is 0.407 e. The molecule has 0 aliphatic heterocycles. The van der Waals surface area contributed by atoms with Crippen molar-refractivity contribution in [1.29, 1.82) is 0 Å². The van der Waals surface area contributed by atoms with Crippen LogP contribution < -0.4 is 43.4 Å². The van der Waals surface area contributed by atoms with E-state index in [1.54, 1.807) is 53.9 Å². The second-order valence-electron chi connectivity index (χ2n) is 38.2. The molecule has 35 nitrogen and oxygen atoms in total. The van der Waals surface area contributed by atoms with Crippen molar-refractivity contribution >= 4 is 84.6 Å². The maximum absolute atomic E-state index is 13.0. The van der Waals surface area contributed by atoms with Gasteiger partial charge in [0, 0.05) is 68.8 Å². The van der Waals surface area contributed by atoms with Crippen molar-refractivity contribution in [2.45, 2.75) is 374 Å². The highest BCUT2D eigenvalue weighted by Crippen LogP contribution is 2.28. The molecule has 0 fully saturated rings. The summed E-state index contributed by atoms with van der Waals surface area (Å²) in [5, 5.41) is 17.0. The number of nitrogens with zero attached hydrogens (tertiary/aromatic N) is 2. The molecular formula is C86H148N10O25. The lowest BCUT2D eigenvalue weighted by molar-refractivity contribution is -0.193. The molecule has 0 aliphatic rings. The van der Waals surface area contributed by atoms with Gasteiger partial charge in [-0.1, -0.05) is 113 Å². The molecule has 2 aromatic rings. The van der Waals surface area contributed by atoms with Crippen molar-refractivity contribution < 1.29 is 119 Å². The topological polar surface area (TPSA) is 514 Å². The minimum absolute atomic E-state index is 0.0324. The van der Waals surface area contributed by atoms with Crippen LogP contribution in [0.5, 0.6) is 0 Å². The summed E-state index contributed by atoms with van der Waals surface area (Å²) in [5.41, 5.74) is 8.23. The van der Waals surface area contributed by atoms with E-state index in [0.717, 1.165) is 12.0 Å². The van der Waals surface area contributed by atoms with Crippen LogP contribution in [0, 0.1) is 21.7 Å². The Morgan fingerprint density at radius 2 is 0.702 bits per heavy atom. The molecule has 692 valence electrons. The number of urea groups is 2. The second-order valence-corrected chi connectivity index (χ2v) is 38.2. The van der Waals surface area contributed by atoms with Crippen LogP contribution in [0.3, 0.4) is 0 Å². The minimum atomic E-state index is -0.884. The number of ether oxygens (including phenoxy) is 7. The highest BCUT2D eigenvalue weighted by molar-refractivity contribution is 5.85. The number of hydrogen-bond donors (Lipinski definition) is 8. The fourth-order valence-electron chi connectivity index (χ4n) is 9.72. The quantitative estimate of drug-likeness (QED) is 0.0205. The van der Waals surface area contributed by atoms with Gasteiger partial charge >= 0.3 is 84.6 Å². The highest BCUT2D eigenvalue weighted by Gasteiger charge is 2.35. The molecular weight excluding hydrogens is 1570 g/mol. The normalized spacial score (nSPS) is 12.8. The zero-order valence-corrected chi connectivity index (χ0v) is 77.9. The average Bonchev–Trinajstić information content (AvgIpc) is 1.80. The summed E-state index contributed by atoms with van der Waals surface area (Å²) < 4.78 is 38.9. The van der Waals surface area contributed by atoms with Crippen molar-refractivity contribution in [2.24, 2.45) is 33.1 Å². The Hall–Kier alpha value is -10.0. The Kier molecular flexibility index (Phi) is 60.9. The molecule has 0 aliphatic carbocycles. The number of nitrogens with one attached hydrogen (secondary N) is 6. The predicted octanol–water partition coefficient (Wildman–Crippen LogP) is 12.4. The number of unbranched alkanes of at least 4 members (excludes halogenated alkanes) is 2. The van der Waals surface area contributed by atoms with Gasteiger partial charge in [-0.15, -0.1) is 0 Å². The molecule has 6 unspecified atom stereocenters. The van der Waals surface area contributed by atoms with E-state index in [4.69, 9.17) is 83.0 Å². The van der Waals surface area contributed by atoms with Crippen LogP contribution in [-0.2, 0) is 107 Å². The lowest BCUT2D eigenvalue weighted by Crippen LogP contribution is -2.53. The molecule has 10 N–H and O–H groups in total. The van der Waals surface area contributed by atoms with E-state index < -0.39 is 75.8 Å². The summed E-state index contributed by atoms with van der Waals surface area (Å²) in [6.07, 6.45) is 11.4. The lowest BCUT2D eigenvalue weighted by atomic mass is 9.84. The van der Waals surface area contributed by atoms with Gasteiger partial charge in [0.05, 0.1) is 0 Å². The molecule has 35 heteroatoms. The van der Waals surface area contributed by atoms with Crippen molar-refractivity contribution in [3.63, 3.8) is 0 Å². The van der Waals surface area contributed by atoms with Crippen LogP contribution >= 0.6 is 0 Å². The number of benzene rings is 1. The first kappa shape index (κ1) is 122. The Morgan fingerprint density at radius 3 is 0.983 bits per heavy atom. The number of imidazole rings is 1. The van der Waals surface area contributed by atoms with Gasteiger partial charge in [-0.2, -0.15) is 38.4 Å². The molecule has 121 heavy (non-hydrogen) atoms. The number of carbonyl (C=O) groups excluding carboxylic acids is 18. The van der Waals surface area contributed by atoms with Gasteiger partial charge in [0.1, 0.15) is 58.6 Å². The fraction of sp³-hybridized carbons (Fsp3) is 0.733. The third-order valence-corrected chi connectivity index (χ3v) is 15.5. The second kappa shape index (κ2) is 60.5. The summed E-state index contributed by atoms with van der Waals surface area (Å²) in [6, 6.07) is 5.75. The summed E-state index contributed by atoms with van der Waals surface area (Å²) in [7, 11) is 0. The Bertz CT molecular complexity index is 3410. The van der Waals surface area contributed by atoms with E-state index in [0.29, 0.717) is 77.3 Å². The van der Waals surface area contributed by atoms with E-state index in [1.165, 1.54) is 10.9 Å². The summed E-state index contributed by atoms with van der Waals surface area (Å²) in [6.45, 7) is 57.9. The Labute approximate surface area is 717 Å². The number of hydrogen-bond acceptors (Lipinski definition) is 28. The molecule has 0 radical (unpaired) electrons. The largest absolute Gasteiger partial charge is 0.460 e. The first-order valence-electron chi connectivity index (χ1n) is 40.1. The maximum atomic E-state index is 13.0. The number of carbonyl (C=O) groups is 10. The third-order valence-electron chi connectivity index (χ3n) is 15.5. The number of aromatic nitrogens is 2. The number of rotatable bonds is 30. The van der Waals surface area contributed by atoms with Crippen LogP contribution in [0.4, 0.5) is 19.2 Å². The number of alkyl carbamates (subject to hydrolysis) is 1. The molecule has 0 saturated carbocycles. The van der Waals surface area contributed by atoms with Crippen LogP contribution in [0.15, 0.2) is 49.1 Å². The molecule has 6 amide bonds. The van der Waals surface area contributed by atoms with E-state index in [1.807, 2.05) is 176 Å². The smallest absolute Gasteiger partial charge is 0.407 e. The monoisotopic (exact) mass is 1720 g/mol. The van der Waals surface area contributed by atoms with Gasteiger partial charge in [0.25, 0.3) is 0 Å².